The van der Waals surface area contributed by atoms with Crippen LogP contribution >= 0.6 is 11.6 Å². The number of nitrogens with zero attached hydrogens (tertiary/aromatic N) is 2. The molecule has 134 valence electrons. The first-order valence-corrected chi connectivity index (χ1v) is 8.63. The highest BCUT2D eigenvalue weighted by molar-refractivity contribution is 6.32. The van der Waals surface area contributed by atoms with Gasteiger partial charge in [0.15, 0.2) is 6.61 Å². The van der Waals surface area contributed by atoms with Crippen molar-refractivity contribution in [2.45, 2.75) is 6.61 Å². The van der Waals surface area contributed by atoms with Crippen LogP contribution in [-0.2, 0) is 6.61 Å². The molecule has 0 unspecified atom stereocenters. The molecule has 0 aliphatic carbocycles. The van der Waals surface area contributed by atoms with E-state index in [4.69, 9.17) is 20.9 Å². The average Bonchev–Trinajstić information content (AvgIpc) is 3.17. The Balaban J connectivity index is 1.45. The van der Waals surface area contributed by atoms with Crippen LogP contribution in [0.2, 0.25) is 5.02 Å². The van der Waals surface area contributed by atoms with Gasteiger partial charge in [0.25, 0.3) is 5.89 Å². The lowest BCUT2D eigenvalue weighted by atomic mass is 10.1. The second-order valence-electron chi connectivity index (χ2n) is 5.82. The molecule has 0 spiro atoms. The molecule has 1 heterocycles. The molecule has 0 amide bonds. The monoisotopic (exact) mass is 380 g/mol. The minimum absolute atomic E-state index is 0.0819. The van der Waals surface area contributed by atoms with E-state index in [9.17, 15) is 4.39 Å². The molecule has 27 heavy (non-hydrogen) atoms. The molecule has 0 radical (unpaired) electrons. The van der Waals surface area contributed by atoms with Crippen molar-refractivity contribution < 1.29 is 13.7 Å². The van der Waals surface area contributed by atoms with Crippen molar-refractivity contribution in [3.63, 3.8) is 0 Å². The number of ether oxygens (including phenoxy) is 1. The summed E-state index contributed by atoms with van der Waals surface area (Å²) in [6, 6.07) is 21.4. The SMILES string of the molecule is Fc1ccc(-c2noc(COc3ccc(-c4ccccc4)cc3Cl)n2)cc1. The Morgan fingerprint density at radius 2 is 1.63 bits per heavy atom. The summed E-state index contributed by atoms with van der Waals surface area (Å²) in [6.07, 6.45) is 0. The first-order valence-electron chi connectivity index (χ1n) is 8.25. The summed E-state index contributed by atoms with van der Waals surface area (Å²) in [4.78, 5) is 4.25. The summed E-state index contributed by atoms with van der Waals surface area (Å²) in [7, 11) is 0. The largest absolute Gasteiger partial charge is 0.482 e. The summed E-state index contributed by atoms with van der Waals surface area (Å²) in [5, 5.41) is 4.38. The van der Waals surface area contributed by atoms with Crippen molar-refractivity contribution in [1.29, 1.82) is 0 Å². The second kappa shape index (κ2) is 7.60. The van der Waals surface area contributed by atoms with Crippen LogP contribution in [0.1, 0.15) is 5.89 Å². The third kappa shape index (κ3) is 3.99. The molecule has 0 aliphatic rings. The first kappa shape index (κ1) is 17.2. The molecule has 0 atom stereocenters. The lowest BCUT2D eigenvalue weighted by molar-refractivity contribution is 0.243. The van der Waals surface area contributed by atoms with Gasteiger partial charge in [-0.15, -0.1) is 0 Å². The van der Waals surface area contributed by atoms with Crippen molar-refractivity contribution in [3.05, 3.63) is 89.5 Å². The van der Waals surface area contributed by atoms with E-state index >= 15 is 0 Å². The topological polar surface area (TPSA) is 48.2 Å². The molecule has 0 saturated carbocycles. The van der Waals surface area contributed by atoms with E-state index in [1.54, 1.807) is 12.1 Å². The number of benzene rings is 3. The fraction of sp³-hybridized carbons (Fsp3) is 0.0476. The quantitative estimate of drug-likeness (QED) is 0.440. The van der Waals surface area contributed by atoms with Gasteiger partial charge in [-0.1, -0.05) is 53.2 Å². The molecule has 4 nitrogen and oxygen atoms in total. The average molecular weight is 381 g/mol. The predicted octanol–water partition coefficient (Wildman–Crippen LogP) is 5.78. The van der Waals surface area contributed by atoms with E-state index in [2.05, 4.69) is 10.1 Å². The highest BCUT2D eigenvalue weighted by atomic mass is 35.5. The molecule has 0 saturated heterocycles. The van der Waals surface area contributed by atoms with Gasteiger partial charge in [0.2, 0.25) is 5.82 Å². The lowest BCUT2D eigenvalue weighted by Crippen LogP contribution is -1.96. The maximum atomic E-state index is 13.0. The minimum Gasteiger partial charge on any atom is -0.482 e. The zero-order chi connectivity index (χ0) is 18.6. The highest BCUT2D eigenvalue weighted by Crippen LogP contribution is 2.31. The maximum absolute atomic E-state index is 13.0. The van der Waals surface area contributed by atoms with E-state index in [1.807, 2.05) is 48.5 Å². The third-order valence-corrected chi connectivity index (χ3v) is 4.26. The second-order valence-corrected chi connectivity index (χ2v) is 6.23. The number of aromatic nitrogens is 2. The summed E-state index contributed by atoms with van der Waals surface area (Å²) < 4.78 is 23.9. The summed E-state index contributed by atoms with van der Waals surface area (Å²) in [5.41, 5.74) is 2.74. The van der Waals surface area contributed by atoms with Crippen LogP contribution in [0, 0.1) is 5.82 Å². The minimum atomic E-state index is -0.320. The molecule has 1 aromatic heterocycles. The standard InChI is InChI=1S/C21H14ClFN2O2/c22-18-12-16(14-4-2-1-3-5-14)8-11-19(18)26-13-20-24-21(25-27-20)15-6-9-17(23)10-7-15/h1-12H,13H2. The van der Waals surface area contributed by atoms with Crippen LogP contribution in [0.3, 0.4) is 0 Å². The van der Waals surface area contributed by atoms with Crippen molar-refractivity contribution >= 4 is 11.6 Å². The zero-order valence-electron chi connectivity index (χ0n) is 14.1. The fourth-order valence-corrected chi connectivity index (χ4v) is 2.83. The third-order valence-electron chi connectivity index (χ3n) is 3.96. The van der Waals surface area contributed by atoms with Crippen molar-refractivity contribution in [1.82, 2.24) is 10.1 Å². The molecule has 0 fully saturated rings. The lowest BCUT2D eigenvalue weighted by Gasteiger charge is -2.08. The fourth-order valence-electron chi connectivity index (χ4n) is 2.60. The highest BCUT2D eigenvalue weighted by Gasteiger charge is 2.11. The molecule has 4 rings (SSSR count). The van der Waals surface area contributed by atoms with Gasteiger partial charge in [-0.2, -0.15) is 4.98 Å². The Morgan fingerprint density at radius 3 is 2.37 bits per heavy atom. The molecule has 0 aliphatic heterocycles. The van der Waals surface area contributed by atoms with Crippen LogP contribution in [-0.4, -0.2) is 10.1 Å². The molecular weight excluding hydrogens is 367 g/mol. The smallest absolute Gasteiger partial charge is 0.264 e. The number of halogens is 2. The van der Waals surface area contributed by atoms with Crippen LogP contribution in [0.4, 0.5) is 4.39 Å². The van der Waals surface area contributed by atoms with Gasteiger partial charge < -0.3 is 9.26 Å². The molecule has 0 N–H and O–H groups in total. The summed E-state index contributed by atoms with van der Waals surface area (Å²) >= 11 is 6.33. The molecule has 3 aromatic carbocycles. The van der Waals surface area contributed by atoms with Gasteiger partial charge in [0, 0.05) is 5.56 Å². The number of hydrogen-bond acceptors (Lipinski definition) is 4. The Labute approximate surface area is 160 Å². The molecule has 0 bridgehead atoms. The first-order chi connectivity index (χ1) is 13.2. The van der Waals surface area contributed by atoms with Crippen LogP contribution in [0.15, 0.2) is 77.3 Å². The van der Waals surface area contributed by atoms with Crippen molar-refractivity contribution in [2.75, 3.05) is 0 Å². The molecule has 6 heteroatoms. The van der Waals surface area contributed by atoms with Gasteiger partial charge in [0.05, 0.1) is 5.02 Å². The Kier molecular flexibility index (Phi) is 4.85. The molecular formula is C21H14ClFN2O2. The van der Waals surface area contributed by atoms with Gasteiger partial charge in [-0.05, 0) is 47.5 Å². The normalized spacial score (nSPS) is 10.7. The van der Waals surface area contributed by atoms with Crippen molar-refractivity contribution in [3.8, 4) is 28.3 Å². The Bertz CT molecular complexity index is 1050. The van der Waals surface area contributed by atoms with Gasteiger partial charge in [-0.3, -0.25) is 0 Å². The number of rotatable bonds is 5. The Morgan fingerprint density at radius 1 is 0.889 bits per heavy atom. The Hall–Kier alpha value is -3.18. The van der Waals surface area contributed by atoms with Gasteiger partial charge in [-0.25, -0.2) is 4.39 Å². The predicted molar refractivity (Wildman–Crippen MR) is 101 cm³/mol. The van der Waals surface area contributed by atoms with Crippen LogP contribution in [0.5, 0.6) is 5.75 Å². The van der Waals surface area contributed by atoms with E-state index in [0.29, 0.717) is 28.1 Å². The van der Waals surface area contributed by atoms with E-state index in [0.717, 1.165) is 11.1 Å². The summed E-state index contributed by atoms with van der Waals surface area (Å²) in [5.74, 6) is 0.883. The van der Waals surface area contributed by atoms with Crippen molar-refractivity contribution in [2.24, 2.45) is 0 Å². The van der Waals surface area contributed by atoms with Crippen LogP contribution in [0.25, 0.3) is 22.5 Å². The van der Waals surface area contributed by atoms with Gasteiger partial charge >= 0.3 is 0 Å². The maximum Gasteiger partial charge on any atom is 0.264 e. The summed E-state index contributed by atoms with van der Waals surface area (Å²) in [6.45, 7) is 0.0819. The van der Waals surface area contributed by atoms with Crippen LogP contribution < -0.4 is 4.74 Å². The van der Waals surface area contributed by atoms with E-state index in [1.165, 1.54) is 12.1 Å². The molecule has 4 aromatic rings. The zero-order valence-corrected chi connectivity index (χ0v) is 14.9. The van der Waals surface area contributed by atoms with E-state index < -0.39 is 0 Å². The van der Waals surface area contributed by atoms with E-state index in [-0.39, 0.29) is 12.4 Å². The number of hydrogen-bond donors (Lipinski definition) is 0. The van der Waals surface area contributed by atoms with Gasteiger partial charge in [0.1, 0.15) is 11.6 Å².